The molecule has 1 aromatic heterocycles. The second-order valence-electron chi connectivity index (χ2n) is 5.87. The van der Waals surface area contributed by atoms with Crippen molar-refractivity contribution in [1.29, 1.82) is 0 Å². The summed E-state index contributed by atoms with van der Waals surface area (Å²) in [4.78, 5) is 14.4. The number of carbonyl (C=O) groups excluding carboxylic acids is 1. The van der Waals surface area contributed by atoms with Gasteiger partial charge in [-0.3, -0.25) is 4.79 Å². The molecule has 7 nitrogen and oxygen atoms in total. The van der Waals surface area contributed by atoms with Crippen LogP contribution >= 0.6 is 11.8 Å². The van der Waals surface area contributed by atoms with E-state index in [1.54, 1.807) is 4.90 Å². The number of benzene rings is 1. The highest BCUT2D eigenvalue weighted by atomic mass is 32.2. The maximum atomic E-state index is 12.7. The van der Waals surface area contributed by atoms with Gasteiger partial charge in [-0.15, -0.1) is 10.2 Å². The Labute approximate surface area is 143 Å². The molecule has 2 aromatic rings. The Morgan fingerprint density at radius 3 is 2.71 bits per heavy atom. The minimum atomic E-state index is -0.137. The molecule has 126 valence electrons. The molecule has 0 atom stereocenters. The Bertz CT molecular complexity index is 742. The number of hydrogen-bond acceptors (Lipinski definition) is 6. The minimum Gasteiger partial charge on any atom is -0.489 e. The maximum absolute atomic E-state index is 12.7. The van der Waals surface area contributed by atoms with Crippen LogP contribution in [-0.2, 0) is 19.7 Å². The van der Waals surface area contributed by atoms with E-state index in [0.717, 1.165) is 17.3 Å². The quantitative estimate of drug-likeness (QED) is 0.887. The van der Waals surface area contributed by atoms with Gasteiger partial charge in [0, 0.05) is 30.2 Å². The molecule has 24 heavy (non-hydrogen) atoms. The Morgan fingerprint density at radius 1 is 1.25 bits per heavy atom. The molecule has 2 aliphatic rings. The molecule has 0 radical (unpaired) electrons. The largest absolute Gasteiger partial charge is 0.489 e. The number of hydrogen-bond donors (Lipinski definition) is 1. The summed E-state index contributed by atoms with van der Waals surface area (Å²) in [5.41, 5.74) is 0.640. The SMILES string of the molecule is O=C(c1ccc(OC2CSC2)cc1)N1CCn2c(CO)nnc2C1. The normalized spacial score (nSPS) is 17.3. The number of amides is 1. The van der Waals surface area contributed by atoms with Crippen molar-refractivity contribution in [2.75, 3.05) is 18.1 Å². The van der Waals surface area contributed by atoms with E-state index in [1.165, 1.54) is 0 Å². The van der Waals surface area contributed by atoms with Crippen LogP contribution < -0.4 is 4.74 Å². The number of aliphatic hydroxyl groups is 1. The van der Waals surface area contributed by atoms with Crippen molar-refractivity contribution >= 4 is 17.7 Å². The van der Waals surface area contributed by atoms with Crippen molar-refractivity contribution in [3.8, 4) is 5.75 Å². The summed E-state index contributed by atoms with van der Waals surface area (Å²) in [6, 6.07) is 7.32. The lowest BCUT2D eigenvalue weighted by atomic mass is 10.1. The summed E-state index contributed by atoms with van der Waals surface area (Å²) < 4.78 is 7.67. The van der Waals surface area contributed by atoms with Crippen LogP contribution in [0.15, 0.2) is 24.3 Å². The summed E-state index contributed by atoms with van der Waals surface area (Å²) in [5, 5.41) is 17.2. The average Bonchev–Trinajstić information content (AvgIpc) is 3.00. The fraction of sp³-hybridized carbons (Fsp3) is 0.438. The highest BCUT2D eigenvalue weighted by Crippen LogP contribution is 2.24. The van der Waals surface area contributed by atoms with E-state index in [1.807, 2.05) is 40.6 Å². The number of aromatic nitrogens is 3. The van der Waals surface area contributed by atoms with Crippen LogP contribution in [0.2, 0.25) is 0 Å². The van der Waals surface area contributed by atoms with E-state index >= 15 is 0 Å². The molecule has 2 aliphatic heterocycles. The summed E-state index contributed by atoms with van der Waals surface area (Å²) in [5.74, 6) is 4.10. The molecule has 1 N–H and O–H groups in total. The molecule has 1 saturated heterocycles. The summed E-state index contributed by atoms with van der Waals surface area (Å²) in [6.07, 6.45) is 0.297. The van der Waals surface area contributed by atoms with Crippen LogP contribution in [-0.4, -0.2) is 54.8 Å². The van der Waals surface area contributed by atoms with Gasteiger partial charge in [-0.25, -0.2) is 0 Å². The van der Waals surface area contributed by atoms with Gasteiger partial charge in [0.05, 0.1) is 6.54 Å². The predicted molar refractivity (Wildman–Crippen MR) is 88.9 cm³/mol. The zero-order valence-corrected chi connectivity index (χ0v) is 13.9. The third kappa shape index (κ3) is 2.87. The first-order valence-electron chi connectivity index (χ1n) is 7.90. The second-order valence-corrected chi connectivity index (χ2v) is 6.95. The number of aliphatic hydroxyl groups excluding tert-OH is 1. The van der Waals surface area contributed by atoms with E-state index in [2.05, 4.69) is 10.2 Å². The van der Waals surface area contributed by atoms with E-state index in [4.69, 9.17) is 4.74 Å². The van der Waals surface area contributed by atoms with Gasteiger partial charge in [0.1, 0.15) is 18.5 Å². The van der Waals surface area contributed by atoms with Gasteiger partial charge in [-0.2, -0.15) is 11.8 Å². The molecule has 8 heteroatoms. The molecule has 1 fully saturated rings. The predicted octanol–water partition coefficient (Wildman–Crippen LogP) is 0.921. The molecule has 4 rings (SSSR count). The first kappa shape index (κ1) is 15.5. The van der Waals surface area contributed by atoms with Crippen molar-refractivity contribution in [2.45, 2.75) is 25.8 Å². The van der Waals surface area contributed by atoms with E-state index in [9.17, 15) is 9.90 Å². The molecule has 1 aromatic carbocycles. The van der Waals surface area contributed by atoms with Crippen molar-refractivity contribution in [3.05, 3.63) is 41.5 Å². The number of ether oxygens (including phenoxy) is 1. The molecule has 0 bridgehead atoms. The monoisotopic (exact) mass is 346 g/mol. The van der Waals surface area contributed by atoms with Crippen molar-refractivity contribution in [3.63, 3.8) is 0 Å². The smallest absolute Gasteiger partial charge is 0.254 e. The fourth-order valence-electron chi connectivity index (χ4n) is 2.84. The molecular formula is C16H18N4O3S. The van der Waals surface area contributed by atoms with Crippen LogP contribution in [0.3, 0.4) is 0 Å². The number of fused-ring (bicyclic) bond motifs is 1. The molecule has 1 amide bonds. The minimum absolute atomic E-state index is 0.0273. The second kappa shape index (κ2) is 6.45. The third-order valence-corrected chi connectivity index (χ3v) is 5.48. The lowest BCUT2D eigenvalue weighted by Gasteiger charge is -2.28. The van der Waals surface area contributed by atoms with E-state index in [-0.39, 0.29) is 12.5 Å². The Balaban J connectivity index is 1.43. The fourth-order valence-corrected chi connectivity index (χ4v) is 3.41. The van der Waals surface area contributed by atoms with Crippen LogP contribution in [0, 0.1) is 0 Å². The number of carbonyl (C=O) groups is 1. The van der Waals surface area contributed by atoms with Crippen LogP contribution in [0.25, 0.3) is 0 Å². The summed E-state index contributed by atoms with van der Waals surface area (Å²) in [7, 11) is 0. The van der Waals surface area contributed by atoms with Gasteiger partial charge in [-0.1, -0.05) is 0 Å². The van der Waals surface area contributed by atoms with Gasteiger partial charge < -0.3 is 19.3 Å². The number of nitrogens with zero attached hydrogens (tertiary/aromatic N) is 4. The maximum Gasteiger partial charge on any atom is 0.254 e. The molecule has 3 heterocycles. The van der Waals surface area contributed by atoms with Crippen LogP contribution in [0.4, 0.5) is 0 Å². The van der Waals surface area contributed by atoms with Crippen molar-refractivity contribution in [2.24, 2.45) is 0 Å². The van der Waals surface area contributed by atoms with Crippen molar-refractivity contribution < 1.29 is 14.6 Å². The molecular weight excluding hydrogens is 328 g/mol. The van der Waals surface area contributed by atoms with Crippen LogP contribution in [0.5, 0.6) is 5.75 Å². The first-order valence-corrected chi connectivity index (χ1v) is 9.05. The Kier molecular flexibility index (Phi) is 4.15. The zero-order chi connectivity index (χ0) is 16.5. The number of rotatable bonds is 4. The Hall–Kier alpha value is -2.06. The summed E-state index contributed by atoms with van der Waals surface area (Å²) in [6.45, 7) is 1.45. The van der Waals surface area contributed by atoms with Gasteiger partial charge in [0.2, 0.25) is 0 Å². The molecule has 0 spiro atoms. The average molecular weight is 346 g/mol. The van der Waals surface area contributed by atoms with Crippen molar-refractivity contribution in [1.82, 2.24) is 19.7 Å². The Morgan fingerprint density at radius 2 is 2.04 bits per heavy atom. The number of thioether (sulfide) groups is 1. The van der Waals surface area contributed by atoms with Crippen LogP contribution in [0.1, 0.15) is 22.0 Å². The zero-order valence-electron chi connectivity index (χ0n) is 13.1. The molecule has 0 aliphatic carbocycles. The first-order chi connectivity index (χ1) is 11.7. The highest BCUT2D eigenvalue weighted by Gasteiger charge is 2.25. The van der Waals surface area contributed by atoms with Gasteiger partial charge in [0.15, 0.2) is 11.6 Å². The van der Waals surface area contributed by atoms with Gasteiger partial charge in [-0.05, 0) is 24.3 Å². The molecule has 0 unspecified atom stereocenters. The van der Waals surface area contributed by atoms with Gasteiger partial charge in [0.25, 0.3) is 5.91 Å². The highest BCUT2D eigenvalue weighted by molar-refractivity contribution is 8.00. The van der Waals surface area contributed by atoms with E-state index in [0.29, 0.717) is 43.0 Å². The summed E-state index contributed by atoms with van der Waals surface area (Å²) >= 11 is 1.87. The van der Waals surface area contributed by atoms with E-state index < -0.39 is 0 Å². The third-order valence-electron chi connectivity index (χ3n) is 4.27. The topological polar surface area (TPSA) is 80.5 Å². The molecule has 0 saturated carbocycles. The lowest BCUT2D eigenvalue weighted by molar-refractivity contribution is 0.0705. The standard InChI is InChI=1S/C16H18N4O3S/c21-8-15-18-17-14-7-19(5-6-20(14)15)16(22)11-1-3-12(4-2-11)23-13-9-24-10-13/h1-4,13,21H,5-10H2. The van der Waals surface area contributed by atoms with Gasteiger partial charge >= 0.3 is 0 Å². The lowest BCUT2D eigenvalue weighted by Crippen LogP contribution is -2.38.